The van der Waals surface area contributed by atoms with Gasteiger partial charge in [-0.05, 0) is 71.6 Å². The number of Topliss-reactive ketones (excluding diaryl/α,β-unsaturated/α-hetero) is 1. The molecule has 3 unspecified atom stereocenters. The first-order valence-electron chi connectivity index (χ1n) is 15.1. The number of hydrogen-bond donors (Lipinski definition) is 0. The highest BCUT2D eigenvalue weighted by atomic mass is 79.9. The van der Waals surface area contributed by atoms with Crippen molar-refractivity contribution in [2.24, 2.45) is 11.8 Å². The van der Waals surface area contributed by atoms with Crippen LogP contribution in [0.5, 0.6) is 11.5 Å². The Bertz CT molecular complexity index is 1900. The summed E-state index contributed by atoms with van der Waals surface area (Å²) in [7, 11) is 1.49. The lowest BCUT2D eigenvalue weighted by Gasteiger charge is -2.55. The Kier molecular flexibility index (Phi) is 7.87. The van der Waals surface area contributed by atoms with Crippen LogP contribution in [0.15, 0.2) is 97.1 Å². The summed E-state index contributed by atoms with van der Waals surface area (Å²) in [5.74, 6) is -3.93. The predicted molar refractivity (Wildman–Crippen MR) is 180 cm³/mol. The second-order valence-electron chi connectivity index (χ2n) is 11.9. The van der Waals surface area contributed by atoms with Crippen molar-refractivity contribution in [1.82, 2.24) is 4.90 Å². The fraction of sp³-hybridized carbons (Fsp3) is 0.216. The van der Waals surface area contributed by atoms with Crippen LogP contribution in [0.3, 0.4) is 0 Å². The lowest BCUT2D eigenvalue weighted by atomic mass is 9.54. The largest absolute Gasteiger partial charge is 0.497 e. The standard InChI is InChI=1S/C37H27Br2NO8/c1-20(34(44)47-19-29(41)21-14-16-23(17-15-21)48-35(45)22-8-7-9-24(18-22)46-2)40-32(42)30-31(33(40)43)37(39)26-11-4-3-10-25(26)36(30,38)27-12-5-6-13-28(27)37/h3-18,20,30-31H,19H2,1-2H3. The maximum atomic E-state index is 14.2. The van der Waals surface area contributed by atoms with E-state index in [4.69, 9.17) is 14.2 Å². The van der Waals surface area contributed by atoms with Gasteiger partial charge < -0.3 is 14.2 Å². The third kappa shape index (κ3) is 4.66. The second-order valence-corrected chi connectivity index (χ2v) is 14.4. The lowest BCUT2D eigenvalue weighted by molar-refractivity contribution is -0.157. The van der Waals surface area contributed by atoms with Gasteiger partial charge >= 0.3 is 11.9 Å². The Morgan fingerprint density at radius 1 is 0.729 bits per heavy atom. The van der Waals surface area contributed by atoms with Crippen LogP contribution in [-0.4, -0.2) is 54.2 Å². The van der Waals surface area contributed by atoms with Crippen molar-refractivity contribution in [3.63, 3.8) is 0 Å². The van der Waals surface area contributed by atoms with E-state index in [2.05, 4.69) is 31.9 Å². The summed E-state index contributed by atoms with van der Waals surface area (Å²) in [6, 6.07) is 26.4. The molecule has 1 fully saturated rings. The first-order valence-corrected chi connectivity index (χ1v) is 16.7. The van der Waals surface area contributed by atoms with Gasteiger partial charge in [-0.3, -0.25) is 19.3 Å². The fourth-order valence-electron chi connectivity index (χ4n) is 7.14. The number of carbonyl (C=O) groups excluding carboxylic acids is 5. The summed E-state index contributed by atoms with van der Waals surface area (Å²) in [6.45, 7) is 0.812. The van der Waals surface area contributed by atoms with Gasteiger partial charge in [0.25, 0.3) is 0 Å². The molecule has 0 spiro atoms. The number of hydrogen-bond acceptors (Lipinski definition) is 8. The molecule has 4 aromatic rings. The van der Waals surface area contributed by atoms with E-state index in [1.54, 1.807) is 24.3 Å². The van der Waals surface area contributed by atoms with E-state index in [9.17, 15) is 24.0 Å². The van der Waals surface area contributed by atoms with Gasteiger partial charge in [-0.25, -0.2) is 9.59 Å². The predicted octanol–water partition coefficient (Wildman–Crippen LogP) is 5.93. The van der Waals surface area contributed by atoms with Crippen molar-refractivity contribution in [3.05, 3.63) is 130 Å². The van der Waals surface area contributed by atoms with E-state index < -0.39 is 62.7 Å². The summed E-state index contributed by atoms with van der Waals surface area (Å²) in [4.78, 5) is 68.1. The number of esters is 2. The number of rotatable bonds is 8. The molecule has 2 bridgehead atoms. The van der Waals surface area contributed by atoms with E-state index in [0.29, 0.717) is 11.3 Å². The van der Waals surface area contributed by atoms with E-state index >= 15 is 0 Å². The first kappa shape index (κ1) is 32.0. The molecule has 9 nitrogen and oxygen atoms in total. The van der Waals surface area contributed by atoms with Gasteiger partial charge in [-0.15, -0.1) is 0 Å². The molecule has 3 atom stereocenters. The third-order valence-corrected chi connectivity index (χ3v) is 12.1. The minimum Gasteiger partial charge on any atom is -0.497 e. The van der Waals surface area contributed by atoms with Crippen LogP contribution in [0.2, 0.25) is 0 Å². The van der Waals surface area contributed by atoms with Gasteiger partial charge in [0.15, 0.2) is 12.4 Å². The second kappa shape index (κ2) is 11.8. The minimum atomic E-state index is -1.28. The zero-order valence-corrected chi connectivity index (χ0v) is 28.8. The molecule has 0 saturated carbocycles. The molecule has 0 N–H and O–H groups in total. The number of benzene rings is 4. The number of alkyl halides is 2. The van der Waals surface area contributed by atoms with Gasteiger partial charge in [0.2, 0.25) is 11.8 Å². The number of halogens is 2. The van der Waals surface area contributed by atoms with Crippen LogP contribution < -0.4 is 9.47 Å². The SMILES string of the molecule is COc1cccc(C(=O)Oc2ccc(C(=O)COC(=O)C(C)N3C(=O)C4C(C3=O)C3(Br)c5ccccc5C4(Br)c4ccccc43)cc2)c1. The van der Waals surface area contributed by atoms with Crippen LogP contribution in [0.4, 0.5) is 0 Å². The summed E-state index contributed by atoms with van der Waals surface area (Å²) < 4.78 is 13.9. The number of likely N-dealkylation sites (tertiary alicyclic amines) is 1. The Labute approximate surface area is 292 Å². The van der Waals surface area contributed by atoms with Gasteiger partial charge in [0.1, 0.15) is 17.5 Å². The molecule has 2 amide bonds. The van der Waals surface area contributed by atoms with E-state index in [1.165, 1.54) is 38.3 Å². The number of methoxy groups -OCH3 is 1. The molecule has 1 saturated heterocycles. The van der Waals surface area contributed by atoms with Crippen LogP contribution in [0, 0.1) is 11.8 Å². The van der Waals surface area contributed by atoms with Crippen LogP contribution in [0.1, 0.15) is 49.9 Å². The fourth-order valence-corrected chi connectivity index (χ4v) is 9.44. The summed E-state index contributed by atoms with van der Waals surface area (Å²) in [6.07, 6.45) is 0. The average molecular weight is 773 g/mol. The van der Waals surface area contributed by atoms with Crippen molar-refractivity contribution in [1.29, 1.82) is 0 Å². The molecule has 1 heterocycles. The lowest BCUT2D eigenvalue weighted by Crippen LogP contribution is -2.56. The van der Waals surface area contributed by atoms with Crippen LogP contribution in [-0.2, 0) is 27.8 Å². The molecule has 242 valence electrons. The van der Waals surface area contributed by atoms with Gasteiger partial charge in [-0.2, -0.15) is 0 Å². The maximum absolute atomic E-state index is 14.2. The number of imide groups is 1. The highest BCUT2D eigenvalue weighted by Crippen LogP contribution is 2.70. The summed E-state index contributed by atoms with van der Waals surface area (Å²) in [5, 5.41) is 0. The third-order valence-electron chi connectivity index (χ3n) is 9.39. The van der Waals surface area contributed by atoms with Crippen LogP contribution in [0.25, 0.3) is 0 Å². The molecule has 1 aliphatic heterocycles. The molecule has 8 rings (SSSR count). The Morgan fingerprint density at radius 2 is 1.25 bits per heavy atom. The maximum Gasteiger partial charge on any atom is 0.343 e. The van der Waals surface area contributed by atoms with Crippen molar-refractivity contribution in [2.75, 3.05) is 13.7 Å². The Hall–Kier alpha value is -4.61. The number of amides is 2. The van der Waals surface area contributed by atoms with Crippen molar-refractivity contribution in [3.8, 4) is 11.5 Å². The first-order chi connectivity index (χ1) is 23.0. The quantitative estimate of drug-likeness (QED) is 0.0712. The zero-order chi connectivity index (χ0) is 34.0. The topological polar surface area (TPSA) is 116 Å². The normalized spacial score (nSPS) is 23.9. The molecule has 11 heteroatoms. The van der Waals surface area contributed by atoms with Crippen molar-refractivity contribution < 1.29 is 38.2 Å². The van der Waals surface area contributed by atoms with E-state index in [-0.39, 0.29) is 11.3 Å². The van der Waals surface area contributed by atoms with E-state index in [0.717, 1.165) is 27.2 Å². The molecular formula is C37H27Br2NO8. The highest BCUT2D eigenvalue weighted by Gasteiger charge is 2.73. The van der Waals surface area contributed by atoms with Gasteiger partial charge in [0, 0.05) is 5.56 Å². The molecule has 0 aromatic heterocycles. The molecule has 48 heavy (non-hydrogen) atoms. The van der Waals surface area contributed by atoms with Gasteiger partial charge in [-0.1, -0.05) is 86.5 Å². The molecule has 0 radical (unpaired) electrons. The average Bonchev–Trinajstić information content (AvgIpc) is 3.39. The number of ketones is 1. The summed E-state index contributed by atoms with van der Waals surface area (Å²) in [5.41, 5.74) is 4.03. The Balaban J connectivity index is 1.05. The smallest absolute Gasteiger partial charge is 0.343 e. The van der Waals surface area contributed by atoms with Crippen molar-refractivity contribution in [2.45, 2.75) is 21.6 Å². The van der Waals surface area contributed by atoms with Crippen molar-refractivity contribution >= 4 is 61.4 Å². The highest BCUT2D eigenvalue weighted by molar-refractivity contribution is 9.10. The van der Waals surface area contributed by atoms with E-state index in [1.807, 2.05) is 48.5 Å². The summed E-state index contributed by atoms with van der Waals surface area (Å²) >= 11 is 7.88. The molecule has 4 aromatic carbocycles. The zero-order valence-electron chi connectivity index (χ0n) is 25.6. The number of nitrogens with zero attached hydrogens (tertiary/aromatic N) is 1. The van der Waals surface area contributed by atoms with Gasteiger partial charge in [0.05, 0.1) is 33.2 Å². The number of carbonyl (C=O) groups is 5. The molecular weight excluding hydrogens is 746 g/mol. The molecule has 4 aliphatic rings. The Morgan fingerprint density at radius 3 is 1.75 bits per heavy atom. The minimum absolute atomic E-state index is 0.213. The number of ether oxygens (including phenoxy) is 3. The molecule has 3 aliphatic carbocycles. The van der Waals surface area contributed by atoms with Crippen LogP contribution >= 0.6 is 31.9 Å². The monoisotopic (exact) mass is 771 g/mol.